The van der Waals surface area contributed by atoms with Gasteiger partial charge in [-0.2, -0.15) is 0 Å². The number of hydrogen-bond donors (Lipinski definition) is 0. The molecule has 0 N–H and O–H groups in total. The Morgan fingerprint density at radius 2 is 1.94 bits per heavy atom. The first-order chi connectivity index (χ1) is 14.8. The minimum absolute atomic E-state index is 0.0359. The molecule has 0 aliphatic rings. The first kappa shape index (κ1) is 21.1. The Morgan fingerprint density at radius 1 is 1.13 bits per heavy atom. The number of benzene rings is 2. The number of aromatic nitrogens is 1. The molecule has 0 bridgehead atoms. The molecule has 158 valence electrons. The molecule has 2 heterocycles. The van der Waals surface area contributed by atoms with E-state index in [0.717, 1.165) is 22.2 Å². The van der Waals surface area contributed by atoms with Crippen molar-refractivity contribution < 1.29 is 18.7 Å². The number of esters is 1. The van der Waals surface area contributed by atoms with Crippen molar-refractivity contribution in [2.45, 2.75) is 27.4 Å². The van der Waals surface area contributed by atoms with E-state index in [9.17, 15) is 9.59 Å². The van der Waals surface area contributed by atoms with Gasteiger partial charge in [0.2, 0.25) is 11.7 Å². The number of halogens is 1. The van der Waals surface area contributed by atoms with Crippen molar-refractivity contribution in [3.8, 4) is 0 Å². The van der Waals surface area contributed by atoms with Gasteiger partial charge in [-0.3, -0.25) is 9.69 Å². The van der Waals surface area contributed by atoms with Crippen LogP contribution >= 0.6 is 22.9 Å². The maximum atomic E-state index is 12.4. The van der Waals surface area contributed by atoms with Crippen LogP contribution in [0.1, 0.15) is 34.3 Å². The van der Waals surface area contributed by atoms with E-state index in [4.69, 9.17) is 20.8 Å². The van der Waals surface area contributed by atoms with Gasteiger partial charge in [0.05, 0.1) is 11.4 Å². The molecule has 0 atom stereocenters. The number of hydrogen-bond acceptors (Lipinski definition) is 6. The molecule has 0 saturated carbocycles. The normalized spacial score (nSPS) is 11.0. The van der Waals surface area contributed by atoms with Crippen molar-refractivity contribution in [1.82, 2.24) is 4.98 Å². The van der Waals surface area contributed by atoms with Gasteiger partial charge in [-0.15, -0.1) is 11.3 Å². The van der Waals surface area contributed by atoms with E-state index in [-0.39, 0.29) is 18.3 Å². The Bertz CT molecular complexity index is 1290. The zero-order chi connectivity index (χ0) is 22.1. The number of amides is 1. The van der Waals surface area contributed by atoms with Crippen LogP contribution in [0.3, 0.4) is 0 Å². The predicted octanol–water partition coefficient (Wildman–Crippen LogP) is 6.20. The summed E-state index contributed by atoms with van der Waals surface area (Å²) in [4.78, 5) is 30.7. The third-order valence-electron chi connectivity index (χ3n) is 4.83. The minimum Gasteiger partial charge on any atom is -0.453 e. The molecule has 2 aromatic heterocycles. The van der Waals surface area contributed by atoms with E-state index in [1.807, 2.05) is 32.0 Å². The number of thiazole rings is 1. The Labute approximate surface area is 188 Å². The topological polar surface area (TPSA) is 72.6 Å². The van der Waals surface area contributed by atoms with Crippen molar-refractivity contribution in [3.05, 3.63) is 75.4 Å². The third kappa shape index (κ3) is 4.47. The second kappa shape index (κ2) is 8.53. The number of ether oxygens (including phenoxy) is 1. The van der Waals surface area contributed by atoms with E-state index < -0.39 is 5.97 Å². The molecular weight excluding hydrogens is 436 g/mol. The fraction of sp³-hybridized carbons (Fsp3) is 0.174. The lowest BCUT2D eigenvalue weighted by Crippen LogP contribution is -2.22. The van der Waals surface area contributed by atoms with Crippen LogP contribution in [-0.2, 0) is 16.1 Å². The summed E-state index contributed by atoms with van der Waals surface area (Å²) in [6.07, 6.45) is 0. The van der Waals surface area contributed by atoms with E-state index >= 15 is 0 Å². The van der Waals surface area contributed by atoms with Crippen molar-refractivity contribution >= 4 is 56.6 Å². The molecule has 0 unspecified atom stereocenters. The first-order valence-electron chi connectivity index (χ1n) is 9.50. The molecule has 1 amide bonds. The van der Waals surface area contributed by atoms with Gasteiger partial charge in [-0.25, -0.2) is 9.78 Å². The summed E-state index contributed by atoms with van der Waals surface area (Å²) >= 11 is 7.27. The fourth-order valence-corrected chi connectivity index (χ4v) is 4.13. The molecule has 0 aliphatic carbocycles. The molecule has 0 fully saturated rings. The van der Waals surface area contributed by atoms with Crippen LogP contribution in [0.15, 0.2) is 52.3 Å². The summed E-state index contributed by atoms with van der Waals surface area (Å²) in [7, 11) is 0. The summed E-state index contributed by atoms with van der Waals surface area (Å²) in [6, 6.07) is 12.5. The summed E-state index contributed by atoms with van der Waals surface area (Å²) in [6.45, 7) is 5.47. The van der Waals surface area contributed by atoms with Crippen LogP contribution in [-0.4, -0.2) is 16.9 Å². The highest BCUT2D eigenvalue weighted by Crippen LogP contribution is 2.30. The van der Waals surface area contributed by atoms with Crippen molar-refractivity contribution in [3.63, 3.8) is 0 Å². The number of furan rings is 1. The van der Waals surface area contributed by atoms with E-state index in [0.29, 0.717) is 21.4 Å². The quantitative estimate of drug-likeness (QED) is 0.335. The van der Waals surface area contributed by atoms with E-state index in [1.54, 1.807) is 34.5 Å². The largest absolute Gasteiger partial charge is 0.453 e. The SMILES string of the molecule is CC(=O)N(c1ccc(C)c(C)c1)c1nc(COC(=O)c2cc3cc(Cl)ccc3o2)cs1. The minimum atomic E-state index is -0.598. The Hall–Kier alpha value is -3.16. The van der Waals surface area contributed by atoms with Gasteiger partial charge in [-0.1, -0.05) is 17.7 Å². The Balaban J connectivity index is 1.49. The summed E-state index contributed by atoms with van der Waals surface area (Å²) < 4.78 is 10.9. The fourth-order valence-electron chi connectivity index (χ4n) is 3.08. The molecule has 0 radical (unpaired) electrons. The third-order valence-corrected chi connectivity index (χ3v) is 5.93. The molecule has 0 spiro atoms. The lowest BCUT2D eigenvalue weighted by molar-refractivity contribution is -0.115. The molecule has 31 heavy (non-hydrogen) atoms. The van der Waals surface area contributed by atoms with Crippen LogP contribution in [0.4, 0.5) is 10.8 Å². The Kier molecular flexibility index (Phi) is 5.80. The number of anilines is 2. The maximum Gasteiger partial charge on any atom is 0.374 e. The van der Waals surface area contributed by atoms with Gasteiger partial charge < -0.3 is 9.15 Å². The number of carbonyl (C=O) groups excluding carboxylic acids is 2. The molecule has 0 saturated heterocycles. The van der Waals surface area contributed by atoms with Gasteiger partial charge in [0, 0.05) is 22.7 Å². The van der Waals surface area contributed by atoms with Gasteiger partial charge in [-0.05, 0) is 61.4 Å². The molecule has 8 heteroatoms. The number of aryl methyl sites for hydroxylation is 2. The van der Waals surface area contributed by atoms with Crippen molar-refractivity contribution in [2.75, 3.05) is 4.90 Å². The smallest absolute Gasteiger partial charge is 0.374 e. The second-order valence-corrected chi connectivity index (χ2v) is 8.39. The van der Waals surface area contributed by atoms with Crippen LogP contribution in [0, 0.1) is 13.8 Å². The average Bonchev–Trinajstić information content (AvgIpc) is 3.35. The molecule has 4 rings (SSSR count). The highest BCUT2D eigenvalue weighted by atomic mass is 35.5. The lowest BCUT2D eigenvalue weighted by atomic mass is 10.1. The summed E-state index contributed by atoms with van der Waals surface area (Å²) in [5.74, 6) is -0.658. The van der Waals surface area contributed by atoms with Gasteiger partial charge in [0.15, 0.2) is 5.13 Å². The van der Waals surface area contributed by atoms with E-state index in [2.05, 4.69) is 4.98 Å². The van der Waals surface area contributed by atoms with Gasteiger partial charge in [0.25, 0.3) is 0 Å². The lowest BCUT2D eigenvalue weighted by Gasteiger charge is -2.19. The number of nitrogens with zero attached hydrogens (tertiary/aromatic N) is 2. The van der Waals surface area contributed by atoms with Crippen molar-refractivity contribution in [1.29, 1.82) is 0 Å². The number of carbonyl (C=O) groups is 2. The zero-order valence-corrected chi connectivity index (χ0v) is 18.7. The van der Waals surface area contributed by atoms with Gasteiger partial charge in [0.1, 0.15) is 12.2 Å². The van der Waals surface area contributed by atoms with Gasteiger partial charge >= 0.3 is 5.97 Å². The predicted molar refractivity (Wildman–Crippen MR) is 121 cm³/mol. The highest BCUT2D eigenvalue weighted by molar-refractivity contribution is 7.14. The molecule has 0 aliphatic heterocycles. The number of fused-ring (bicyclic) bond motifs is 1. The maximum absolute atomic E-state index is 12.4. The first-order valence-corrected chi connectivity index (χ1v) is 10.8. The highest BCUT2D eigenvalue weighted by Gasteiger charge is 2.20. The second-order valence-electron chi connectivity index (χ2n) is 7.11. The zero-order valence-electron chi connectivity index (χ0n) is 17.1. The standard InChI is InChI=1S/C23H19ClN2O4S/c1-13-4-6-19(8-14(13)2)26(15(3)27)23-25-18(12-31-23)11-29-22(28)21-10-16-9-17(24)5-7-20(16)30-21/h4-10,12H,11H2,1-3H3. The van der Waals surface area contributed by atoms with Crippen molar-refractivity contribution in [2.24, 2.45) is 0 Å². The summed E-state index contributed by atoms with van der Waals surface area (Å²) in [5, 5.41) is 3.56. The summed E-state index contributed by atoms with van der Waals surface area (Å²) in [5.41, 5.74) is 4.07. The van der Waals surface area contributed by atoms with Crippen LogP contribution < -0.4 is 4.90 Å². The average molecular weight is 455 g/mol. The molecule has 2 aromatic carbocycles. The number of rotatable bonds is 5. The van der Waals surface area contributed by atoms with Crippen LogP contribution in [0.5, 0.6) is 0 Å². The molecule has 4 aromatic rings. The monoisotopic (exact) mass is 454 g/mol. The molecule has 6 nitrogen and oxygen atoms in total. The Morgan fingerprint density at radius 3 is 2.68 bits per heavy atom. The van der Waals surface area contributed by atoms with Crippen LogP contribution in [0.2, 0.25) is 5.02 Å². The van der Waals surface area contributed by atoms with Crippen LogP contribution in [0.25, 0.3) is 11.0 Å². The van der Waals surface area contributed by atoms with E-state index in [1.165, 1.54) is 18.3 Å². The molecular formula is C23H19ClN2O4S.